The summed E-state index contributed by atoms with van der Waals surface area (Å²) in [5.41, 5.74) is -0.275. The molecule has 0 heterocycles. The third kappa shape index (κ3) is 5.72. The maximum atomic E-state index is 12.5. The molecular formula is C20H20N2O8S. The monoisotopic (exact) mass is 448 g/mol. The van der Waals surface area contributed by atoms with Gasteiger partial charge in [-0.1, -0.05) is 6.07 Å². The lowest BCUT2D eigenvalue weighted by Gasteiger charge is -2.11. The molecule has 10 nitrogen and oxygen atoms in total. The van der Waals surface area contributed by atoms with E-state index in [9.17, 15) is 24.5 Å². The number of benzene rings is 2. The maximum Gasteiger partial charge on any atom is 0.345 e. The summed E-state index contributed by atoms with van der Waals surface area (Å²) in [5, 5.41) is 14.0. The SMILES string of the molecule is COc1cc(C(=O)OCC(=O)c2ccc(SC)c(NC(C)=O)c2)c([N+](=O)[O-])cc1OC. The molecule has 0 radical (unpaired) electrons. The van der Waals surface area contributed by atoms with Crippen molar-refractivity contribution in [1.29, 1.82) is 0 Å². The van der Waals surface area contributed by atoms with E-state index in [-0.39, 0.29) is 28.5 Å². The van der Waals surface area contributed by atoms with Crippen LogP contribution in [0.4, 0.5) is 11.4 Å². The molecule has 11 heteroatoms. The zero-order chi connectivity index (χ0) is 23.1. The van der Waals surface area contributed by atoms with Crippen LogP contribution >= 0.6 is 11.8 Å². The average molecular weight is 448 g/mol. The van der Waals surface area contributed by atoms with Gasteiger partial charge in [-0.15, -0.1) is 11.8 Å². The molecule has 2 rings (SSSR count). The van der Waals surface area contributed by atoms with E-state index in [0.29, 0.717) is 5.69 Å². The molecule has 0 fully saturated rings. The molecular weight excluding hydrogens is 428 g/mol. The summed E-state index contributed by atoms with van der Waals surface area (Å²) in [6.07, 6.45) is 1.82. The van der Waals surface area contributed by atoms with Crippen LogP contribution in [-0.2, 0) is 9.53 Å². The van der Waals surface area contributed by atoms with Crippen LogP contribution < -0.4 is 14.8 Å². The number of hydrogen-bond donors (Lipinski definition) is 1. The molecule has 2 aromatic carbocycles. The van der Waals surface area contributed by atoms with Gasteiger partial charge in [0.25, 0.3) is 5.69 Å². The zero-order valence-electron chi connectivity index (χ0n) is 17.2. The minimum absolute atomic E-state index is 0.0706. The molecule has 0 unspecified atom stereocenters. The van der Waals surface area contributed by atoms with Crippen LogP contribution in [0.5, 0.6) is 11.5 Å². The summed E-state index contributed by atoms with van der Waals surface area (Å²) < 4.78 is 15.1. The van der Waals surface area contributed by atoms with Gasteiger partial charge in [0, 0.05) is 23.4 Å². The zero-order valence-corrected chi connectivity index (χ0v) is 18.0. The normalized spacial score (nSPS) is 10.2. The fraction of sp³-hybridized carbons (Fsp3) is 0.250. The van der Waals surface area contributed by atoms with Crippen molar-refractivity contribution in [3.63, 3.8) is 0 Å². The van der Waals surface area contributed by atoms with Crippen molar-refractivity contribution in [2.45, 2.75) is 11.8 Å². The van der Waals surface area contributed by atoms with Gasteiger partial charge in [-0.05, 0) is 18.4 Å². The van der Waals surface area contributed by atoms with Gasteiger partial charge in [0.1, 0.15) is 5.56 Å². The van der Waals surface area contributed by atoms with Gasteiger partial charge < -0.3 is 19.5 Å². The quantitative estimate of drug-likeness (QED) is 0.201. The summed E-state index contributed by atoms with van der Waals surface area (Å²) in [4.78, 5) is 47.6. The van der Waals surface area contributed by atoms with E-state index < -0.39 is 29.0 Å². The fourth-order valence-corrected chi connectivity index (χ4v) is 3.18. The highest BCUT2D eigenvalue weighted by Crippen LogP contribution is 2.35. The molecule has 0 aliphatic carbocycles. The molecule has 0 aromatic heterocycles. The van der Waals surface area contributed by atoms with Crippen LogP contribution in [0.15, 0.2) is 35.2 Å². The predicted molar refractivity (Wildman–Crippen MR) is 113 cm³/mol. The Hall–Kier alpha value is -3.60. The Kier molecular flexibility index (Phi) is 7.97. The number of Topliss-reactive ketones (excluding diaryl/α,β-unsaturated/α-hetero) is 1. The number of rotatable bonds is 9. The molecule has 0 aliphatic heterocycles. The van der Waals surface area contributed by atoms with Crippen LogP contribution in [0.1, 0.15) is 27.6 Å². The van der Waals surface area contributed by atoms with Gasteiger partial charge in [-0.3, -0.25) is 19.7 Å². The fourth-order valence-electron chi connectivity index (χ4n) is 2.64. The van der Waals surface area contributed by atoms with Crippen molar-refractivity contribution >= 4 is 40.8 Å². The smallest absolute Gasteiger partial charge is 0.345 e. The number of carbonyl (C=O) groups is 3. The largest absolute Gasteiger partial charge is 0.493 e. The summed E-state index contributed by atoms with van der Waals surface area (Å²) >= 11 is 1.39. The molecule has 0 saturated heterocycles. The number of ether oxygens (including phenoxy) is 3. The molecule has 0 bridgehead atoms. The maximum absolute atomic E-state index is 12.5. The Bertz CT molecular complexity index is 1040. The van der Waals surface area contributed by atoms with Crippen molar-refractivity contribution in [1.82, 2.24) is 0 Å². The third-order valence-corrected chi connectivity index (χ3v) is 4.88. The van der Waals surface area contributed by atoms with E-state index >= 15 is 0 Å². The highest BCUT2D eigenvalue weighted by atomic mass is 32.2. The molecule has 31 heavy (non-hydrogen) atoms. The van der Waals surface area contributed by atoms with E-state index in [1.807, 2.05) is 6.26 Å². The number of thioether (sulfide) groups is 1. The second-order valence-corrected chi connectivity index (χ2v) is 6.93. The van der Waals surface area contributed by atoms with Gasteiger partial charge >= 0.3 is 5.97 Å². The summed E-state index contributed by atoms with van der Waals surface area (Å²) in [7, 11) is 2.61. The van der Waals surface area contributed by atoms with Crippen LogP contribution in [0.25, 0.3) is 0 Å². The number of ketones is 1. The number of hydrogen-bond acceptors (Lipinski definition) is 9. The number of anilines is 1. The molecule has 0 saturated carbocycles. The van der Waals surface area contributed by atoms with E-state index in [1.165, 1.54) is 45.0 Å². The Morgan fingerprint density at radius 2 is 1.74 bits per heavy atom. The lowest BCUT2D eigenvalue weighted by molar-refractivity contribution is -0.385. The summed E-state index contributed by atoms with van der Waals surface area (Å²) in [6.45, 7) is 0.693. The van der Waals surface area contributed by atoms with Gasteiger partial charge in [0.05, 0.1) is 30.9 Å². The molecule has 0 atom stereocenters. The summed E-state index contributed by atoms with van der Waals surface area (Å²) in [5.74, 6) is -1.74. The number of amides is 1. The van der Waals surface area contributed by atoms with Crippen LogP contribution in [-0.4, -0.2) is 49.7 Å². The van der Waals surface area contributed by atoms with E-state index in [1.54, 1.807) is 6.07 Å². The Balaban J connectivity index is 2.23. The molecule has 1 amide bonds. The van der Waals surface area contributed by atoms with Gasteiger partial charge in [0.2, 0.25) is 5.91 Å². The molecule has 0 aliphatic rings. The first-order valence-corrected chi connectivity index (χ1v) is 10.0. The predicted octanol–water partition coefficient (Wildman–Crippen LogP) is 3.33. The number of carbonyl (C=O) groups excluding carboxylic acids is 3. The standard InChI is InChI=1S/C20H20N2O8S/c1-11(23)21-14-7-12(5-6-19(14)31-4)16(24)10-30-20(25)13-8-17(28-2)18(29-3)9-15(13)22(26)27/h5-9H,10H2,1-4H3,(H,21,23). The average Bonchev–Trinajstić information content (AvgIpc) is 2.75. The van der Waals surface area contributed by atoms with Crippen molar-refractivity contribution < 1.29 is 33.5 Å². The van der Waals surface area contributed by atoms with E-state index in [4.69, 9.17) is 14.2 Å². The topological polar surface area (TPSA) is 134 Å². The second kappa shape index (κ2) is 10.4. The number of nitro groups is 1. The van der Waals surface area contributed by atoms with E-state index in [0.717, 1.165) is 17.0 Å². The van der Waals surface area contributed by atoms with Crippen LogP contribution in [0.2, 0.25) is 0 Å². The first-order valence-electron chi connectivity index (χ1n) is 8.78. The lowest BCUT2D eigenvalue weighted by Crippen LogP contribution is -2.16. The Morgan fingerprint density at radius 1 is 1.10 bits per heavy atom. The molecule has 164 valence electrons. The summed E-state index contributed by atoms with van der Waals surface area (Å²) in [6, 6.07) is 6.82. The third-order valence-electron chi connectivity index (χ3n) is 4.08. The van der Waals surface area contributed by atoms with Gasteiger partial charge in [0.15, 0.2) is 23.9 Å². The second-order valence-electron chi connectivity index (χ2n) is 6.08. The number of nitrogens with zero attached hydrogens (tertiary/aromatic N) is 1. The number of esters is 1. The molecule has 1 N–H and O–H groups in total. The van der Waals surface area contributed by atoms with Crippen molar-refractivity contribution in [2.24, 2.45) is 0 Å². The number of nitro benzene ring substituents is 1. The minimum atomic E-state index is -1.07. The first kappa shape index (κ1) is 23.7. The van der Waals surface area contributed by atoms with Crippen molar-refractivity contribution in [3.8, 4) is 11.5 Å². The van der Waals surface area contributed by atoms with Crippen molar-refractivity contribution in [2.75, 3.05) is 32.4 Å². The van der Waals surface area contributed by atoms with Crippen LogP contribution in [0, 0.1) is 10.1 Å². The first-order chi connectivity index (χ1) is 14.7. The Labute approximate surface area is 182 Å². The van der Waals surface area contributed by atoms with Crippen LogP contribution in [0.3, 0.4) is 0 Å². The van der Waals surface area contributed by atoms with Gasteiger partial charge in [-0.25, -0.2) is 4.79 Å². The highest BCUT2D eigenvalue weighted by Gasteiger charge is 2.26. The molecule has 2 aromatic rings. The lowest BCUT2D eigenvalue weighted by atomic mass is 10.1. The number of nitrogens with one attached hydrogen (secondary N) is 1. The highest BCUT2D eigenvalue weighted by molar-refractivity contribution is 7.98. The molecule has 0 spiro atoms. The van der Waals surface area contributed by atoms with E-state index in [2.05, 4.69) is 5.32 Å². The minimum Gasteiger partial charge on any atom is -0.493 e. The number of methoxy groups -OCH3 is 2. The Morgan fingerprint density at radius 3 is 2.29 bits per heavy atom. The van der Waals surface area contributed by atoms with Gasteiger partial charge in [-0.2, -0.15) is 0 Å². The van der Waals surface area contributed by atoms with Crippen molar-refractivity contribution in [3.05, 3.63) is 51.6 Å².